The molecule has 30 heavy (non-hydrogen) atoms. The first kappa shape index (κ1) is 23.8. The number of carbonyl (C=O) groups is 1. The molecule has 0 bridgehead atoms. The van der Waals surface area contributed by atoms with E-state index in [2.05, 4.69) is 17.0 Å². The minimum absolute atomic E-state index is 0.0550. The van der Waals surface area contributed by atoms with Gasteiger partial charge in [-0.25, -0.2) is 17.5 Å². The Morgan fingerprint density at radius 1 is 1.03 bits per heavy atom. The molecular weight excluding hydrogens is 407 g/mol. The molecule has 0 heterocycles. The van der Waals surface area contributed by atoms with Gasteiger partial charge in [-0.15, -0.1) is 0 Å². The first-order valence-corrected chi connectivity index (χ1v) is 11.5. The van der Waals surface area contributed by atoms with Crippen molar-refractivity contribution < 1.29 is 22.3 Å². The van der Waals surface area contributed by atoms with Crippen molar-refractivity contribution in [2.45, 2.75) is 50.0 Å². The fourth-order valence-corrected chi connectivity index (χ4v) is 4.19. The zero-order chi connectivity index (χ0) is 22.0. The third kappa shape index (κ3) is 7.42. The molecule has 0 aliphatic heterocycles. The largest absolute Gasteiger partial charge is 0.497 e. The van der Waals surface area contributed by atoms with Crippen LogP contribution in [0.25, 0.3) is 0 Å². The normalized spacial score (nSPS) is 12.4. The second-order valence-corrected chi connectivity index (χ2v) is 8.73. The average Bonchev–Trinajstić information content (AvgIpc) is 2.73. The molecule has 1 atom stereocenters. The standard InChI is InChI=1S/C22H29FN2O4S/c1-3-4-5-6-15-24-22(26)16-21(17-7-11-19(29-2)12-8-17)25-30(27,28)20-13-9-18(23)10-14-20/h7-14,21,25H,3-6,15-16H2,1-2H3,(H,24,26). The molecule has 0 aliphatic rings. The molecule has 6 nitrogen and oxygen atoms in total. The molecule has 8 heteroatoms. The Hall–Kier alpha value is -2.45. The van der Waals surface area contributed by atoms with E-state index >= 15 is 0 Å². The van der Waals surface area contributed by atoms with Crippen LogP contribution in [0.15, 0.2) is 53.4 Å². The van der Waals surface area contributed by atoms with Crippen LogP contribution in [0.5, 0.6) is 5.75 Å². The van der Waals surface area contributed by atoms with E-state index in [1.807, 2.05) is 0 Å². The number of hydrogen-bond donors (Lipinski definition) is 2. The highest BCUT2D eigenvalue weighted by Gasteiger charge is 2.24. The van der Waals surface area contributed by atoms with E-state index in [1.165, 1.54) is 19.2 Å². The molecule has 0 saturated carbocycles. The van der Waals surface area contributed by atoms with Gasteiger partial charge in [-0.05, 0) is 48.4 Å². The van der Waals surface area contributed by atoms with E-state index < -0.39 is 21.9 Å². The number of rotatable bonds is 12. The fraction of sp³-hybridized carbons (Fsp3) is 0.409. The van der Waals surface area contributed by atoms with E-state index in [9.17, 15) is 17.6 Å². The summed E-state index contributed by atoms with van der Waals surface area (Å²) in [6, 6.07) is 10.6. The van der Waals surface area contributed by atoms with Crippen molar-refractivity contribution >= 4 is 15.9 Å². The van der Waals surface area contributed by atoms with Gasteiger partial charge in [0, 0.05) is 13.0 Å². The van der Waals surface area contributed by atoms with Crippen molar-refractivity contribution in [1.82, 2.24) is 10.0 Å². The van der Waals surface area contributed by atoms with E-state index in [-0.39, 0.29) is 17.2 Å². The maximum atomic E-state index is 13.2. The van der Waals surface area contributed by atoms with Crippen LogP contribution in [-0.2, 0) is 14.8 Å². The summed E-state index contributed by atoms with van der Waals surface area (Å²) in [7, 11) is -2.41. The Bertz CT molecular complexity index is 900. The predicted octanol–water partition coefficient (Wildman–Crippen LogP) is 3.94. The van der Waals surface area contributed by atoms with Crippen LogP contribution >= 0.6 is 0 Å². The number of nitrogens with one attached hydrogen (secondary N) is 2. The summed E-state index contributed by atoms with van der Waals surface area (Å²) >= 11 is 0. The lowest BCUT2D eigenvalue weighted by molar-refractivity contribution is -0.121. The van der Waals surface area contributed by atoms with Crippen molar-refractivity contribution in [3.8, 4) is 5.75 Å². The van der Waals surface area contributed by atoms with Crippen LogP contribution in [-0.4, -0.2) is 28.0 Å². The third-order valence-corrected chi connectivity index (χ3v) is 6.17. The first-order valence-electron chi connectivity index (χ1n) is 10.0. The number of methoxy groups -OCH3 is 1. The highest BCUT2D eigenvalue weighted by atomic mass is 32.2. The summed E-state index contributed by atoms with van der Waals surface area (Å²) in [5, 5.41) is 2.85. The monoisotopic (exact) mass is 436 g/mol. The van der Waals surface area contributed by atoms with E-state index in [4.69, 9.17) is 4.74 Å². The summed E-state index contributed by atoms with van der Waals surface area (Å²) in [5.41, 5.74) is 0.627. The second kappa shape index (κ2) is 11.7. The molecule has 2 N–H and O–H groups in total. The van der Waals surface area contributed by atoms with Crippen LogP contribution in [0.3, 0.4) is 0 Å². The lowest BCUT2D eigenvalue weighted by Crippen LogP contribution is -2.34. The maximum absolute atomic E-state index is 13.2. The summed E-state index contributed by atoms with van der Waals surface area (Å²) in [5.74, 6) is -0.142. The molecule has 0 radical (unpaired) electrons. The lowest BCUT2D eigenvalue weighted by Gasteiger charge is -2.19. The Kier molecular flexibility index (Phi) is 9.26. The number of benzene rings is 2. The molecule has 0 spiro atoms. The zero-order valence-electron chi connectivity index (χ0n) is 17.4. The van der Waals surface area contributed by atoms with Gasteiger partial charge in [0.05, 0.1) is 18.0 Å². The van der Waals surface area contributed by atoms with Gasteiger partial charge in [-0.1, -0.05) is 38.3 Å². The lowest BCUT2D eigenvalue weighted by atomic mass is 10.0. The molecule has 1 unspecified atom stereocenters. The Morgan fingerprint density at radius 3 is 2.30 bits per heavy atom. The van der Waals surface area contributed by atoms with E-state index in [0.29, 0.717) is 17.9 Å². The van der Waals surface area contributed by atoms with Gasteiger partial charge in [-0.2, -0.15) is 0 Å². The predicted molar refractivity (Wildman–Crippen MR) is 114 cm³/mol. The SMILES string of the molecule is CCCCCCNC(=O)CC(NS(=O)(=O)c1ccc(F)cc1)c1ccc(OC)cc1. The molecule has 0 aromatic heterocycles. The minimum atomic E-state index is -3.95. The van der Waals surface area contributed by atoms with E-state index in [1.54, 1.807) is 24.3 Å². The molecule has 1 amide bonds. The number of sulfonamides is 1. The summed E-state index contributed by atoms with van der Waals surface area (Å²) in [6.45, 7) is 2.67. The van der Waals surface area contributed by atoms with Gasteiger partial charge in [-0.3, -0.25) is 4.79 Å². The van der Waals surface area contributed by atoms with Crippen molar-refractivity contribution in [1.29, 1.82) is 0 Å². The summed E-state index contributed by atoms with van der Waals surface area (Å²) in [4.78, 5) is 12.4. The molecule has 2 rings (SSSR count). The number of ether oxygens (including phenoxy) is 1. The molecule has 164 valence electrons. The fourth-order valence-electron chi connectivity index (χ4n) is 2.97. The van der Waals surface area contributed by atoms with Gasteiger partial charge in [0.1, 0.15) is 11.6 Å². The highest BCUT2D eigenvalue weighted by Crippen LogP contribution is 2.23. The maximum Gasteiger partial charge on any atom is 0.241 e. The smallest absolute Gasteiger partial charge is 0.241 e. The quantitative estimate of drug-likeness (QED) is 0.494. The zero-order valence-corrected chi connectivity index (χ0v) is 18.2. The summed E-state index contributed by atoms with van der Waals surface area (Å²) < 4.78 is 46.4. The number of carbonyl (C=O) groups excluding carboxylic acids is 1. The number of amides is 1. The van der Waals surface area contributed by atoms with Crippen molar-refractivity contribution in [3.05, 3.63) is 59.9 Å². The van der Waals surface area contributed by atoms with Gasteiger partial charge in [0.2, 0.25) is 15.9 Å². The molecule has 2 aromatic rings. The van der Waals surface area contributed by atoms with Crippen LogP contribution < -0.4 is 14.8 Å². The van der Waals surface area contributed by atoms with Gasteiger partial charge < -0.3 is 10.1 Å². The molecular formula is C22H29FN2O4S. The van der Waals surface area contributed by atoms with Crippen molar-refractivity contribution in [2.75, 3.05) is 13.7 Å². The van der Waals surface area contributed by atoms with Crippen molar-refractivity contribution in [2.24, 2.45) is 0 Å². The minimum Gasteiger partial charge on any atom is -0.497 e. The Balaban J connectivity index is 2.14. The van der Waals surface area contributed by atoms with Crippen molar-refractivity contribution in [3.63, 3.8) is 0 Å². The number of halogens is 1. The highest BCUT2D eigenvalue weighted by molar-refractivity contribution is 7.89. The Morgan fingerprint density at radius 2 is 1.70 bits per heavy atom. The van der Waals surface area contributed by atoms with Gasteiger partial charge in [0.25, 0.3) is 0 Å². The second-order valence-electron chi connectivity index (χ2n) is 7.02. The van der Waals surface area contributed by atoms with Gasteiger partial charge >= 0.3 is 0 Å². The molecule has 0 saturated heterocycles. The van der Waals surface area contributed by atoms with Crippen LogP contribution in [0.1, 0.15) is 50.6 Å². The topological polar surface area (TPSA) is 84.5 Å². The van der Waals surface area contributed by atoms with E-state index in [0.717, 1.165) is 37.8 Å². The molecule has 0 aliphatic carbocycles. The molecule has 2 aromatic carbocycles. The van der Waals surface area contributed by atoms with Crippen LogP contribution in [0, 0.1) is 5.82 Å². The van der Waals surface area contributed by atoms with Crippen LogP contribution in [0.4, 0.5) is 4.39 Å². The third-order valence-electron chi connectivity index (χ3n) is 4.68. The average molecular weight is 437 g/mol. The van der Waals surface area contributed by atoms with Crippen LogP contribution in [0.2, 0.25) is 0 Å². The molecule has 0 fully saturated rings. The number of hydrogen-bond acceptors (Lipinski definition) is 4. The first-order chi connectivity index (χ1) is 14.4. The summed E-state index contributed by atoms with van der Waals surface area (Å²) in [6.07, 6.45) is 4.09. The Labute approximate surface area is 177 Å². The number of unbranched alkanes of at least 4 members (excludes halogenated alkanes) is 3. The van der Waals surface area contributed by atoms with Gasteiger partial charge in [0.15, 0.2) is 0 Å².